The number of halogens is 3. The molecule has 1 aromatic carbocycles. The van der Waals surface area contributed by atoms with Gasteiger partial charge in [0.2, 0.25) is 5.91 Å². The van der Waals surface area contributed by atoms with Gasteiger partial charge in [-0.3, -0.25) is 19.3 Å². The minimum atomic E-state index is -4.57. The summed E-state index contributed by atoms with van der Waals surface area (Å²) in [6.07, 6.45) is -4.27. The van der Waals surface area contributed by atoms with E-state index in [2.05, 4.69) is 0 Å². The number of fused-ring (bicyclic) bond motifs is 1. The van der Waals surface area contributed by atoms with E-state index < -0.39 is 36.5 Å². The van der Waals surface area contributed by atoms with Crippen molar-refractivity contribution in [3.63, 3.8) is 0 Å². The number of carbonyl (C=O) groups excluding carboxylic acids is 3. The zero-order valence-electron chi connectivity index (χ0n) is 18.5. The van der Waals surface area contributed by atoms with Crippen molar-refractivity contribution in [3.8, 4) is 11.5 Å². The Balaban J connectivity index is 1.50. The molecular weight excluding hydrogens is 461 g/mol. The number of esters is 1. The number of aliphatic carboxylic acids is 1. The summed E-state index contributed by atoms with van der Waals surface area (Å²) < 4.78 is 50.6. The third kappa shape index (κ3) is 5.78. The molecule has 9 nitrogen and oxygen atoms in total. The Morgan fingerprint density at radius 2 is 1.91 bits per heavy atom. The van der Waals surface area contributed by atoms with Crippen molar-refractivity contribution in [2.75, 3.05) is 26.2 Å². The van der Waals surface area contributed by atoms with Gasteiger partial charge < -0.3 is 19.5 Å². The Morgan fingerprint density at radius 1 is 1.18 bits per heavy atom. The van der Waals surface area contributed by atoms with E-state index in [0.717, 1.165) is 4.90 Å². The molecule has 0 aliphatic carbocycles. The molecule has 0 saturated carbocycles. The Morgan fingerprint density at radius 3 is 2.59 bits per heavy atom. The molecular formula is C22H25F3N2O7. The van der Waals surface area contributed by atoms with Crippen LogP contribution in [-0.4, -0.2) is 71.2 Å². The lowest BCUT2D eigenvalue weighted by atomic mass is 9.90. The molecule has 2 heterocycles. The van der Waals surface area contributed by atoms with E-state index in [1.54, 1.807) is 0 Å². The molecule has 0 spiro atoms. The van der Waals surface area contributed by atoms with Crippen LogP contribution in [0.25, 0.3) is 0 Å². The fourth-order valence-electron chi connectivity index (χ4n) is 3.95. The molecule has 1 aromatic rings. The predicted molar refractivity (Wildman–Crippen MR) is 111 cm³/mol. The van der Waals surface area contributed by atoms with Crippen molar-refractivity contribution in [2.24, 2.45) is 0 Å². The third-order valence-corrected chi connectivity index (χ3v) is 5.72. The molecule has 0 radical (unpaired) electrons. The van der Waals surface area contributed by atoms with Crippen LogP contribution in [0.4, 0.5) is 18.0 Å². The van der Waals surface area contributed by atoms with E-state index in [1.807, 2.05) is 0 Å². The van der Waals surface area contributed by atoms with E-state index >= 15 is 0 Å². The number of hydrogen-bond acceptors (Lipinski definition) is 6. The largest absolute Gasteiger partial charge is 0.493 e. The molecule has 34 heavy (non-hydrogen) atoms. The molecule has 3 rings (SSSR count). The molecule has 2 aliphatic rings. The first-order valence-electron chi connectivity index (χ1n) is 10.8. The fraction of sp³-hybridized carbons (Fsp3) is 0.545. The summed E-state index contributed by atoms with van der Waals surface area (Å²) in [5.41, 5.74) is 0.192. The minimum Gasteiger partial charge on any atom is -0.493 e. The molecule has 1 saturated heterocycles. The zero-order chi connectivity index (χ0) is 25.0. The number of unbranched alkanes of at least 4 members (excludes halogenated alkanes) is 1. The van der Waals surface area contributed by atoms with Crippen molar-refractivity contribution in [1.82, 2.24) is 9.80 Å². The average molecular weight is 486 g/mol. The number of amides is 3. The summed E-state index contributed by atoms with van der Waals surface area (Å²) in [6, 6.07) is 2.21. The zero-order valence-corrected chi connectivity index (χ0v) is 18.5. The molecule has 0 aromatic heterocycles. The van der Waals surface area contributed by atoms with Gasteiger partial charge in [-0.2, -0.15) is 13.2 Å². The number of urea groups is 1. The third-order valence-electron chi connectivity index (χ3n) is 5.72. The molecule has 0 bridgehead atoms. The van der Waals surface area contributed by atoms with Gasteiger partial charge in [-0.15, -0.1) is 0 Å². The lowest BCUT2D eigenvalue weighted by Crippen LogP contribution is -2.34. The first-order chi connectivity index (χ1) is 16.0. The molecule has 12 heteroatoms. The van der Waals surface area contributed by atoms with E-state index in [9.17, 15) is 32.3 Å². The summed E-state index contributed by atoms with van der Waals surface area (Å²) in [5, 5.41) is 8.68. The van der Waals surface area contributed by atoms with Gasteiger partial charge in [0.1, 0.15) is 18.0 Å². The van der Waals surface area contributed by atoms with Crippen molar-refractivity contribution < 1.29 is 46.9 Å². The van der Waals surface area contributed by atoms with Crippen LogP contribution in [0, 0.1) is 6.92 Å². The first-order valence-corrected chi connectivity index (χ1v) is 10.8. The van der Waals surface area contributed by atoms with Gasteiger partial charge in [-0.1, -0.05) is 6.07 Å². The van der Waals surface area contributed by atoms with Crippen LogP contribution in [0.5, 0.6) is 11.5 Å². The summed E-state index contributed by atoms with van der Waals surface area (Å²) >= 11 is 0. The maximum absolute atomic E-state index is 13.3. The topological polar surface area (TPSA) is 113 Å². The van der Waals surface area contributed by atoms with Crippen LogP contribution in [0.15, 0.2) is 12.1 Å². The maximum atomic E-state index is 13.3. The van der Waals surface area contributed by atoms with E-state index in [4.69, 9.17) is 14.6 Å². The number of nitrogens with zero attached hydrogens (tertiary/aromatic N) is 2. The number of carbonyl (C=O) groups is 4. The Hall–Kier alpha value is -3.31. The van der Waals surface area contributed by atoms with Crippen LogP contribution in [0.1, 0.15) is 49.1 Å². The second-order valence-electron chi connectivity index (χ2n) is 8.18. The second kappa shape index (κ2) is 10.3. The van der Waals surface area contributed by atoms with Crippen LogP contribution in [0.2, 0.25) is 0 Å². The van der Waals surface area contributed by atoms with Gasteiger partial charge in [0, 0.05) is 30.6 Å². The lowest BCUT2D eigenvalue weighted by molar-refractivity contribution is -0.166. The van der Waals surface area contributed by atoms with Crippen LogP contribution in [0.3, 0.4) is 0 Å². The minimum absolute atomic E-state index is 0.0824. The normalized spacial score (nSPS) is 18.2. The predicted octanol–water partition coefficient (Wildman–Crippen LogP) is 3.24. The Kier molecular flexibility index (Phi) is 7.68. The number of hydrogen-bond donors (Lipinski definition) is 1. The summed E-state index contributed by atoms with van der Waals surface area (Å²) in [7, 11) is 0. The van der Waals surface area contributed by atoms with Gasteiger partial charge in [0.25, 0.3) is 0 Å². The van der Waals surface area contributed by atoms with E-state index in [0.29, 0.717) is 18.4 Å². The van der Waals surface area contributed by atoms with Crippen molar-refractivity contribution in [2.45, 2.75) is 51.1 Å². The Bertz CT molecular complexity index is 980. The summed E-state index contributed by atoms with van der Waals surface area (Å²) in [5.74, 6) is -4.04. The molecule has 186 valence electrons. The molecule has 1 N–H and O–H groups in total. The smallest absolute Gasteiger partial charge is 0.396 e. The monoisotopic (exact) mass is 486 g/mol. The average Bonchev–Trinajstić information content (AvgIpc) is 3.01. The van der Waals surface area contributed by atoms with Gasteiger partial charge in [0.15, 0.2) is 0 Å². The number of carboxylic acids is 1. The Labute approximate surface area is 193 Å². The molecule has 1 unspecified atom stereocenters. The fourth-order valence-corrected chi connectivity index (χ4v) is 3.95. The number of alkyl halides is 3. The van der Waals surface area contributed by atoms with Gasteiger partial charge in [0.05, 0.1) is 18.9 Å². The van der Waals surface area contributed by atoms with Gasteiger partial charge in [-0.05, 0) is 32.3 Å². The number of rotatable bonds is 10. The van der Waals surface area contributed by atoms with Crippen LogP contribution in [-0.2, 0) is 14.4 Å². The summed E-state index contributed by atoms with van der Waals surface area (Å²) in [4.78, 5) is 49.1. The van der Waals surface area contributed by atoms with Crippen molar-refractivity contribution >= 4 is 23.9 Å². The first kappa shape index (κ1) is 25.3. The standard InChI is InChI=1S/C22H25F3N2O7/c1-13-16(7-6-14-15(22(23,24)25)11-19(31)34-20(13)14)33-10-3-2-9-27-17(28)12-26(21(27)32)8-4-5-18(29)30/h6-7,15H,2-5,8-12H2,1H3,(H,29,30). The highest BCUT2D eigenvalue weighted by molar-refractivity contribution is 6.01. The maximum Gasteiger partial charge on any atom is 0.396 e. The molecule has 2 aliphatic heterocycles. The van der Waals surface area contributed by atoms with Gasteiger partial charge in [-0.25, -0.2) is 4.79 Å². The highest BCUT2D eigenvalue weighted by atomic mass is 19.4. The number of ether oxygens (including phenoxy) is 2. The summed E-state index contributed by atoms with van der Waals surface area (Å²) in [6.45, 7) is 1.97. The number of imide groups is 1. The number of carboxylic acid groups (broad SMARTS) is 1. The molecule has 3 amide bonds. The van der Waals surface area contributed by atoms with Crippen LogP contribution >= 0.6 is 0 Å². The second-order valence-corrected chi connectivity index (χ2v) is 8.18. The van der Waals surface area contributed by atoms with Crippen molar-refractivity contribution in [1.29, 1.82) is 0 Å². The van der Waals surface area contributed by atoms with Crippen molar-refractivity contribution in [3.05, 3.63) is 23.3 Å². The quantitative estimate of drug-likeness (QED) is 0.234. The van der Waals surface area contributed by atoms with E-state index in [-0.39, 0.29) is 62.1 Å². The SMILES string of the molecule is Cc1c(OCCCCN2C(=O)CN(CCCC(=O)O)C2=O)ccc2c1OC(=O)CC2C(F)(F)F. The highest BCUT2D eigenvalue weighted by Gasteiger charge is 2.46. The highest BCUT2D eigenvalue weighted by Crippen LogP contribution is 2.47. The van der Waals surface area contributed by atoms with Crippen LogP contribution < -0.4 is 9.47 Å². The molecule has 1 atom stereocenters. The molecule has 1 fully saturated rings. The van der Waals surface area contributed by atoms with E-state index in [1.165, 1.54) is 24.0 Å². The van der Waals surface area contributed by atoms with Gasteiger partial charge >= 0.3 is 24.1 Å². The number of benzene rings is 1. The lowest BCUT2D eigenvalue weighted by Gasteiger charge is -2.28.